The van der Waals surface area contributed by atoms with Gasteiger partial charge in [-0.2, -0.15) is 26.3 Å². The van der Waals surface area contributed by atoms with E-state index in [2.05, 4.69) is 10.3 Å². The number of carbonyl (C=O) groups is 2. The van der Waals surface area contributed by atoms with Crippen LogP contribution >= 0.6 is 11.3 Å². The molecule has 0 aliphatic carbocycles. The number of amides is 2. The number of anilines is 1. The second-order valence-corrected chi connectivity index (χ2v) is 7.59. The van der Waals surface area contributed by atoms with E-state index in [-0.39, 0.29) is 37.3 Å². The van der Waals surface area contributed by atoms with Gasteiger partial charge in [0.2, 0.25) is 0 Å². The van der Waals surface area contributed by atoms with Crippen LogP contribution in [0.1, 0.15) is 39.0 Å². The molecule has 1 aliphatic rings. The number of nitrogens with one attached hydrogen (secondary N) is 1. The fraction of sp³-hybridized carbons (Fsp3) is 0.389. The molecule has 1 aromatic heterocycles. The predicted molar refractivity (Wildman–Crippen MR) is 97.6 cm³/mol. The molecule has 2 aromatic rings. The summed E-state index contributed by atoms with van der Waals surface area (Å²) >= 11 is 1.04. The molecule has 2 heterocycles. The minimum atomic E-state index is -5.04. The highest BCUT2D eigenvalue weighted by Gasteiger charge is 2.38. The van der Waals surface area contributed by atoms with Crippen molar-refractivity contribution < 1.29 is 40.7 Å². The van der Waals surface area contributed by atoms with Crippen LogP contribution in [0.15, 0.2) is 18.2 Å². The first kappa shape index (κ1) is 22.8. The molecule has 0 radical (unpaired) electrons. The van der Waals surface area contributed by atoms with Crippen molar-refractivity contribution >= 4 is 28.5 Å². The lowest BCUT2D eigenvalue weighted by molar-refractivity contribution is -0.143. The van der Waals surface area contributed by atoms with Gasteiger partial charge >= 0.3 is 18.4 Å². The SMILES string of the molecule is CCOC(=O)Nc1nc2c(s1)CN(C(=O)c1cc(C(F)(F)F)cc(C(F)(F)F)c1)CC2. The number of benzene rings is 1. The molecule has 13 heteroatoms. The summed E-state index contributed by atoms with van der Waals surface area (Å²) in [6.07, 6.45) is -10.6. The molecule has 0 saturated carbocycles. The van der Waals surface area contributed by atoms with Crippen LogP contribution in [0.2, 0.25) is 0 Å². The Balaban J connectivity index is 1.85. The Labute approximate surface area is 175 Å². The lowest BCUT2D eigenvalue weighted by atomic mass is 10.0. The van der Waals surface area contributed by atoms with Gasteiger partial charge in [-0.1, -0.05) is 11.3 Å². The van der Waals surface area contributed by atoms with Gasteiger partial charge in [0.1, 0.15) is 0 Å². The van der Waals surface area contributed by atoms with Crippen LogP contribution in [0, 0.1) is 0 Å². The molecule has 1 aliphatic heterocycles. The number of fused-ring (bicyclic) bond motifs is 1. The third-order valence-corrected chi connectivity index (χ3v) is 5.34. The van der Waals surface area contributed by atoms with Crippen LogP contribution in [-0.2, 0) is 30.1 Å². The van der Waals surface area contributed by atoms with Crippen molar-refractivity contribution in [1.29, 1.82) is 0 Å². The average molecular weight is 467 g/mol. The standard InChI is InChI=1S/C18H15F6N3O3S/c1-2-30-16(29)26-15-25-12-3-4-27(8-13(12)31-15)14(28)9-5-10(17(19,20)21)7-11(6-9)18(22,23)24/h5-7H,2-4,8H2,1H3,(H,25,26,29). The van der Waals surface area contributed by atoms with Gasteiger partial charge < -0.3 is 9.64 Å². The minimum absolute atomic E-state index is 0.0262. The molecule has 0 fully saturated rings. The number of carbonyl (C=O) groups excluding carboxylic acids is 2. The average Bonchev–Trinajstić information content (AvgIpc) is 3.07. The molecule has 0 saturated heterocycles. The smallest absolute Gasteiger partial charge is 0.416 e. The lowest BCUT2D eigenvalue weighted by Gasteiger charge is -2.26. The van der Waals surface area contributed by atoms with Gasteiger partial charge in [-0.05, 0) is 25.1 Å². The monoisotopic (exact) mass is 467 g/mol. The van der Waals surface area contributed by atoms with Crippen molar-refractivity contribution in [2.45, 2.75) is 32.2 Å². The normalized spacial score (nSPS) is 14.2. The summed E-state index contributed by atoms with van der Waals surface area (Å²) in [6, 6.07) is 0.794. The number of ether oxygens (including phenoxy) is 1. The zero-order valence-corrected chi connectivity index (χ0v) is 16.7. The van der Waals surface area contributed by atoms with Crippen LogP contribution in [0.4, 0.5) is 36.3 Å². The third kappa shape index (κ3) is 5.27. The number of aromatic nitrogens is 1. The number of thiazole rings is 1. The van der Waals surface area contributed by atoms with E-state index in [4.69, 9.17) is 4.74 Å². The highest BCUT2D eigenvalue weighted by Crippen LogP contribution is 2.37. The summed E-state index contributed by atoms with van der Waals surface area (Å²) in [5, 5.41) is 2.64. The molecule has 31 heavy (non-hydrogen) atoms. The Bertz CT molecular complexity index is 970. The van der Waals surface area contributed by atoms with E-state index in [9.17, 15) is 35.9 Å². The van der Waals surface area contributed by atoms with Gasteiger partial charge in [0.15, 0.2) is 5.13 Å². The number of alkyl halides is 6. The van der Waals surface area contributed by atoms with Gasteiger partial charge in [0.25, 0.3) is 5.91 Å². The molecule has 1 N–H and O–H groups in total. The van der Waals surface area contributed by atoms with Crippen LogP contribution in [0.5, 0.6) is 0 Å². The summed E-state index contributed by atoms with van der Waals surface area (Å²) in [6.45, 7) is 1.75. The summed E-state index contributed by atoms with van der Waals surface area (Å²) in [5.74, 6) is -0.962. The maximum Gasteiger partial charge on any atom is 0.416 e. The maximum absolute atomic E-state index is 13.1. The molecule has 0 atom stereocenters. The van der Waals surface area contributed by atoms with Crippen LogP contribution in [0.3, 0.4) is 0 Å². The van der Waals surface area contributed by atoms with Crippen molar-refractivity contribution in [3.8, 4) is 0 Å². The van der Waals surface area contributed by atoms with Gasteiger partial charge in [-0.25, -0.2) is 9.78 Å². The number of rotatable bonds is 3. The second-order valence-electron chi connectivity index (χ2n) is 6.51. The molecule has 0 unspecified atom stereocenters. The topological polar surface area (TPSA) is 71.5 Å². The molecular formula is C18H15F6N3O3S. The Kier molecular flexibility index (Phi) is 6.16. The second kappa shape index (κ2) is 8.36. The minimum Gasteiger partial charge on any atom is -0.450 e. The van der Waals surface area contributed by atoms with E-state index in [0.717, 1.165) is 16.2 Å². The molecule has 168 valence electrons. The van der Waals surface area contributed by atoms with Crippen molar-refractivity contribution in [2.24, 2.45) is 0 Å². The fourth-order valence-electron chi connectivity index (χ4n) is 2.94. The number of halogens is 6. The number of hydrogen-bond acceptors (Lipinski definition) is 5. The van der Waals surface area contributed by atoms with Gasteiger partial charge in [0.05, 0.1) is 30.0 Å². The fourth-order valence-corrected chi connectivity index (χ4v) is 3.95. The van der Waals surface area contributed by atoms with Crippen LogP contribution in [-0.4, -0.2) is 35.0 Å². The van der Waals surface area contributed by atoms with Crippen LogP contribution in [0.25, 0.3) is 0 Å². The van der Waals surface area contributed by atoms with E-state index in [1.54, 1.807) is 6.92 Å². The summed E-state index contributed by atoms with van der Waals surface area (Å²) in [4.78, 5) is 30.1. The van der Waals surface area contributed by atoms with Gasteiger partial charge in [-0.15, -0.1) is 0 Å². The quantitative estimate of drug-likeness (QED) is 0.649. The summed E-state index contributed by atoms with van der Waals surface area (Å²) in [5.41, 5.74) is -3.23. The first-order valence-corrected chi connectivity index (χ1v) is 9.71. The zero-order valence-electron chi connectivity index (χ0n) is 15.9. The molecule has 2 amide bonds. The van der Waals surface area contributed by atoms with Gasteiger partial charge in [0, 0.05) is 23.4 Å². The number of hydrogen-bond donors (Lipinski definition) is 1. The van der Waals surface area contributed by atoms with E-state index in [1.165, 1.54) is 0 Å². The van der Waals surface area contributed by atoms with Crippen LogP contribution < -0.4 is 5.32 Å². The molecule has 1 aromatic carbocycles. The Morgan fingerprint density at radius 1 is 1.13 bits per heavy atom. The van der Waals surface area contributed by atoms with Crippen molar-refractivity contribution in [3.63, 3.8) is 0 Å². The maximum atomic E-state index is 13.1. The first-order chi connectivity index (χ1) is 14.4. The highest BCUT2D eigenvalue weighted by molar-refractivity contribution is 7.15. The molecule has 6 nitrogen and oxygen atoms in total. The van der Waals surface area contributed by atoms with Gasteiger partial charge in [-0.3, -0.25) is 10.1 Å². The Morgan fingerprint density at radius 2 is 1.74 bits per heavy atom. The van der Waals surface area contributed by atoms with Crippen molar-refractivity contribution in [1.82, 2.24) is 9.88 Å². The van der Waals surface area contributed by atoms with E-state index in [0.29, 0.717) is 22.7 Å². The van der Waals surface area contributed by atoms with E-state index in [1.807, 2.05) is 0 Å². The molecule has 0 bridgehead atoms. The molecule has 3 rings (SSSR count). The molecular weight excluding hydrogens is 452 g/mol. The van der Waals surface area contributed by atoms with E-state index < -0.39 is 41.0 Å². The van der Waals surface area contributed by atoms with Crippen molar-refractivity contribution in [3.05, 3.63) is 45.5 Å². The third-order valence-electron chi connectivity index (χ3n) is 4.34. The Hall–Kier alpha value is -2.83. The molecule has 0 spiro atoms. The van der Waals surface area contributed by atoms with Crippen molar-refractivity contribution in [2.75, 3.05) is 18.5 Å². The summed E-state index contributed by atoms with van der Waals surface area (Å²) < 4.78 is 83.1. The predicted octanol–water partition coefficient (Wildman–Crippen LogP) is 4.95. The number of nitrogens with zero attached hydrogens (tertiary/aromatic N) is 2. The highest BCUT2D eigenvalue weighted by atomic mass is 32.1. The first-order valence-electron chi connectivity index (χ1n) is 8.89. The lowest BCUT2D eigenvalue weighted by Crippen LogP contribution is -2.35. The Morgan fingerprint density at radius 3 is 2.29 bits per heavy atom. The summed E-state index contributed by atoms with van der Waals surface area (Å²) in [7, 11) is 0. The zero-order chi connectivity index (χ0) is 23.0. The van der Waals surface area contributed by atoms with E-state index >= 15 is 0 Å². The largest absolute Gasteiger partial charge is 0.450 e.